The molecule has 0 spiro atoms. The molecule has 0 unspecified atom stereocenters. The van der Waals surface area contributed by atoms with Crippen LogP contribution in [0.5, 0.6) is 23.0 Å². The normalized spacial score (nSPS) is 10.3. The standard InChI is InChI=1S/C32H26F2O8/c1-6-29(35)40-26-13-9-21(16-25(26)34)23-11-10-22(17-24(23)33)39-30(36)14-8-20-7-12-27(41-31(37)18(2)3)28(15-20)42-32(38)19(4)5/h6-7,9-13,15-17H,1-2,4,8,14H2,3,5H3. The quantitative estimate of drug-likeness (QED) is 0.150. The van der Waals surface area contributed by atoms with Gasteiger partial charge >= 0.3 is 23.9 Å². The van der Waals surface area contributed by atoms with Crippen LogP contribution >= 0.6 is 0 Å². The van der Waals surface area contributed by atoms with Crippen LogP contribution < -0.4 is 18.9 Å². The van der Waals surface area contributed by atoms with E-state index in [-0.39, 0.29) is 58.1 Å². The van der Waals surface area contributed by atoms with Crippen LogP contribution in [0.3, 0.4) is 0 Å². The maximum atomic E-state index is 14.8. The largest absolute Gasteiger partial charge is 0.426 e. The summed E-state index contributed by atoms with van der Waals surface area (Å²) in [6.45, 7) is 13.2. The van der Waals surface area contributed by atoms with E-state index in [4.69, 9.17) is 18.9 Å². The average Bonchev–Trinajstić information content (AvgIpc) is 2.94. The summed E-state index contributed by atoms with van der Waals surface area (Å²) in [7, 11) is 0. The second-order valence-electron chi connectivity index (χ2n) is 9.01. The highest BCUT2D eigenvalue weighted by molar-refractivity contribution is 5.91. The third-order valence-electron chi connectivity index (χ3n) is 5.52. The van der Waals surface area contributed by atoms with Crippen LogP contribution in [-0.2, 0) is 25.6 Å². The van der Waals surface area contributed by atoms with Crippen molar-refractivity contribution in [2.75, 3.05) is 0 Å². The number of aryl methyl sites for hydroxylation is 1. The molecule has 0 aliphatic heterocycles. The maximum Gasteiger partial charge on any atom is 0.338 e. The molecule has 3 rings (SSSR count). The Morgan fingerprint density at radius 1 is 0.738 bits per heavy atom. The topological polar surface area (TPSA) is 105 Å². The van der Waals surface area contributed by atoms with E-state index in [9.17, 15) is 28.0 Å². The van der Waals surface area contributed by atoms with Gasteiger partial charge in [-0.3, -0.25) is 4.79 Å². The Bertz CT molecular complexity index is 1610. The smallest absolute Gasteiger partial charge is 0.338 e. The van der Waals surface area contributed by atoms with Crippen molar-refractivity contribution in [3.05, 3.63) is 109 Å². The molecule has 0 aliphatic carbocycles. The Balaban J connectivity index is 1.68. The van der Waals surface area contributed by atoms with Crippen molar-refractivity contribution in [2.45, 2.75) is 26.7 Å². The fourth-order valence-corrected chi connectivity index (χ4v) is 3.37. The van der Waals surface area contributed by atoms with E-state index in [2.05, 4.69) is 19.7 Å². The molecule has 0 aromatic heterocycles. The molecule has 0 saturated carbocycles. The fraction of sp³-hybridized carbons (Fsp3) is 0.125. The predicted octanol–water partition coefficient (Wildman–Crippen LogP) is 6.22. The summed E-state index contributed by atoms with van der Waals surface area (Å²) in [5.41, 5.74) is 1.01. The second-order valence-corrected chi connectivity index (χ2v) is 9.01. The lowest BCUT2D eigenvalue weighted by Gasteiger charge is -2.12. The summed E-state index contributed by atoms with van der Waals surface area (Å²) in [6, 6.07) is 11.6. The number of rotatable bonds is 11. The number of carbonyl (C=O) groups excluding carboxylic acids is 4. The number of hydrogen-bond donors (Lipinski definition) is 0. The monoisotopic (exact) mass is 576 g/mol. The predicted molar refractivity (Wildman–Crippen MR) is 149 cm³/mol. The minimum absolute atomic E-state index is 0.0215. The van der Waals surface area contributed by atoms with Gasteiger partial charge in [0.25, 0.3) is 0 Å². The van der Waals surface area contributed by atoms with Crippen molar-refractivity contribution >= 4 is 23.9 Å². The molecule has 3 aromatic carbocycles. The Hall–Kier alpha value is -5.38. The van der Waals surface area contributed by atoms with Gasteiger partial charge in [-0.05, 0) is 67.8 Å². The van der Waals surface area contributed by atoms with Crippen molar-refractivity contribution in [3.63, 3.8) is 0 Å². The summed E-state index contributed by atoms with van der Waals surface area (Å²) >= 11 is 0. The van der Waals surface area contributed by atoms with Gasteiger partial charge in [-0.25, -0.2) is 23.2 Å². The molecule has 0 N–H and O–H groups in total. The zero-order valence-electron chi connectivity index (χ0n) is 22.8. The molecule has 0 saturated heterocycles. The molecule has 0 atom stereocenters. The average molecular weight is 577 g/mol. The third-order valence-corrected chi connectivity index (χ3v) is 5.52. The molecular formula is C32H26F2O8. The molecule has 10 heteroatoms. The van der Waals surface area contributed by atoms with Crippen LogP contribution in [0.4, 0.5) is 8.78 Å². The van der Waals surface area contributed by atoms with Crippen LogP contribution in [0.2, 0.25) is 0 Å². The molecule has 0 amide bonds. The van der Waals surface area contributed by atoms with Gasteiger partial charge in [0.15, 0.2) is 23.1 Å². The fourth-order valence-electron chi connectivity index (χ4n) is 3.37. The molecule has 0 fully saturated rings. The minimum Gasteiger partial charge on any atom is -0.426 e. The molecule has 8 nitrogen and oxygen atoms in total. The zero-order chi connectivity index (χ0) is 31.0. The number of esters is 4. The van der Waals surface area contributed by atoms with Gasteiger partial charge in [0.2, 0.25) is 0 Å². The highest BCUT2D eigenvalue weighted by atomic mass is 19.1. The van der Waals surface area contributed by atoms with Gasteiger partial charge in [-0.2, -0.15) is 0 Å². The number of halogens is 2. The molecule has 0 bridgehead atoms. The summed E-state index contributed by atoms with van der Waals surface area (Å²) in [6.07, 6.45) is 0.901. The molecule has 0 aliphatic rings. The first kappa shape index (κ1) is 31.2. The number of ether oxygens (including phenoxy) is 4. The maximum absolute atomic E-state index is 14.8. The van der Waals surface area contributed by atoms with Gasteiger partial charge in [-0.1, -0.05) is 31.9 Å². The number of hydrogen-bond acceptors (Lipinski definition) is 8. The van der Waals surface area contributed by atoms with Crippen LogP contribution in [-0.4, -0.2) is 23.9 Å². The molecule has 3 aromatic rings. The molecule has 216 valence electrons. The number of carbonyl (C=O) groups is 4. The molecule has 42 heavy (non-hydrogen) atoms. The van der Waals surface area contributed by atoms with E-state index in [1.807, 2.05) is 0 Å². The Morgan fingerprint density at radius 2 is 1.38 bits per heavy atom. The molecule has 0 heterocycles. The SMILES string of the molecule is C=CC(=O)Oc1ccc(-c2ccc(OC(=O)CCc3ccc(OC(=O)C(=C)C)c(OC(=O)C(=C)C)c3)cc2F)cc1F. The Morgan fingerprint density at radius 3 is 1.98 bits per heavy atom. The van der Waals surface area contributed by atoms with E-state index < -0.39 is 35.5 Å². The van der Waals surface area contributed by atoms with Crippen LogP contribution in [0, 0.1) is 11.6 Å². The van der Waals surface area contributed by atoms with Gasteiger partial charge in [0.1, 0.15) is 11.6 Å². The van der Waals surface area contributed by atoms with Crippen molar-refractivity contribution in [1.82, 2.24) is 0 Å². The van der Waals surface area contributed by atoms with Crippen LogP contribution in [0.15, 0.2) is 91.6 Å². The second kappa shape index (κ2) is 13.8. The molecular weight excluding hydrogens is 550 g/mol. The van der Waals surface area contributed by atoms with Crippen molar-refractivity contribution in [1.29, 1.82) is 0 Å². The first-order chi connectivity index (χ1) is 19.9. The lowest BCUT2D eigenvalue weighted by Crippen LogP contribution is -2.13. The summed E-state index contributed by atoms with van der Waals surface area (Å²) in [5, 5.41) is 0. The minimum atomic E-state index is -0.878. The van der Waals surface area contributed by atoms with Crippen LogP contribution in [0.1, 0.15) is 25.8 Å². The number of benzene rings is 3. The first-order valence-electron chi connectivity index (χ1n) is 12.4. The van der Waals surface area contributed by atoms with Gasteiger partial charge in [0, 0.05) is 35.3 Å². The molecule has 0 radical (unpaired) electrons. The van der Waals surface area contributed by atoms with E-state index in [0.29, 0.717) is 5.56 Å². The summed E-state index contributed by atoms with van der Waals surface area (Å²) in [4.78, 5) is 47.8. The Kier molecular flexibility index (Phi) is 10.2. The van der Waals surface area contributed by atoms with Crippen molar-refractivity contribution in [2.24, 2.45) is 0 Å². The van der Waals surface area contributed by atoms with Gasteiger partial charge in [0.05, 0.1) is 0 Å². The van der Waals surface area contributed by atoms with Gasteiger partial charge < -0.3 is 18.9 Å². The van der Waals surface area contributed by atoms with Gasteiger partial charge in [-0.15, -0.1) is 0 Å². The lowest BCUT2D eigenvalue weighted by molar-refractivity contribution is -0.134. The summed E-state index contributed by atoms with van der Waals surface area (Å²) in [5.74, 6) is -5.11. The van der Waals surface area contributed by atoms with E-state index in [1.54, 1.807) is 6.07 Å². The van der Waals surface area contributed by atoms with Crippen molar-refractivity contribution < 1.29 is 46.9 Å². The highest BCUT2D eigenvalue weighted by Crippen LogP contribution is 2.32. The van der Waals surface area contributed by atoms with Crippen molar-refractivity contribution in [3.8, 4) is 34.1 Å². The summed E-state index contributed by atoms with van der Waals surface area (Å²) < 4.78 is 49.6. The zero-order valence-corrected chi connectivity index (χ0v) is 22.8. The van der Waals surface area contributed by atoms with Crippen LogP contribution in [0.25, 0.3) is 11.1 Å². The van der Waals surface area contributed by atoms with E-state index in [0.717, 1.165) is 18.2 Å². The highest BCUT2D eigenvalue weighted by Gasteiger charge is 2.17. The lowest BCUT2D eigenvalue weighted by atomic mass is 10.0. The van der Waals surface area contributed by atoms with E-state index in [1.165, 1.54) is 50.2 Å². The third kappa shape index (κ3) is 8.31. The van der Waals surface area contributed by atoms with E-state index >= 15 is 0 Å². The Labute approximate surface area is 240 Å². The first-order valence-corrected chi connectivity index (χ1v) is 12.4.